The van der Waals surface area contributed by atoms with Crippen LogP contribution in [0.4, 0.5) is 0 Å². The Kier molecular flexibility index (Phi) is 11.8. The predicted octanol–water partition coefficient (Wildman–Crippen LogP) is 5.35. The van der Waals surface area contributed by atoms with E-state index in [1.807, 2.05) is 44.2 Å². The van der Waals surface area contributed by atoms with Crippen LogP contribution in [0.1, 0.15) is 41.0 Å². The van der Waals surface area contributed by atoms with Gasteiger partial charge in [0.25, 0.3) is 0 Å². The summed E-state index contributed by atoms with van der Waals surface area (Å²) in [7, 11) is 0. The van der Waals surface area contributed by atoms with Crippen LogP contribution in [0.5, 0.6) is 0 Å². The van der Waals surface area contributed by atoms with E-state index in [-0.39, 0.29) is 10.7 Å². The highest BCUT2D eigenvalue weighted by Crippen LogP contribution is 2.15. The first kappa shape index (κ1) is 18.8. The molecular formula is C14H22Cl2O. The van der Waals surface area contributed by atoms with Gasteiger partial charge in [-0.05, 0) is 46.2 Å². The van der Waals surface area contributed by atoms with Crippen molar-refractivity contribution < 1.29 is 4.79 Å². The van der Waals surface area contributed by atoms with Gasteiger partial charge in [-0.1, -0.05) is 36.7 Å². The van der Waals surface area contributed by atoms with Crippen LogP contribution >= 0.6 is 23.2 Å². The Balaban J connectivity index is 0. The molecule has 0 aliphatic carbocycles. The molecule has 1 aromatic carbocycles. The Morgan fingerprint density at radius 2 is 1.47 bits per heavy atom. The fourth-order valence-electron chi connectivity index (χ4n) is 0.415. The van der Waals surface area contributed by atoms with E-state index in [0.29, 0.717) is 0 Å². The summed E-state index contributed by atoms with van der Waals surface area (Å²) in [6, 6.07) is 9.44. The van der Waals surface area contributed by atoms with Crippen LogP contribution in [-0.4, -0.2) is 10.7 Å². The number of carbonyl (C=O) groups excluding carboxylic acids is 1. The number of Topliss-reactive ketones (excluding diaryl/α,β-unsaturated/α-hetero) is 1. The molecule has 0 unspecified atom stereocenters. The molecule has 0 aliphatic rings. The molecule has 1 aromatic rings. The highest BCUT2D eigenvalue weighted by Gasteiger charge is 2.06. The van der Waals surface area contributed by atoms with Crippen molar-refractivity contribution in [2.45, 2.75) is 45.9 Å². The summed E-state index contributed by atoms with van der Waals surface area (Å²) in [5, 5.41) is 0.794. The lowest BCUT2D eigenvalue weighted by molar-refractivity contribution is -0.114. The van der Waals surface area contributed by atoms with E-state index in [1.54, 1.807) is 0 Å². The molecule has 0 radical (unpaired) electrons. The molecule has 0 saturated heterocycles. The van der Waals surface area contributed by atoms with Gasteiger partial charge < -0.3 is 4.79 Å². The Hall–Kier alpha value is -0.530. The molecule has 0 fully saturated rings. The van der Waals surface area contributed by atoms with Gasteiger partial charge >= 0.3 is 0 Å². The molecule has 3 heteroatoms. The van der Waals surface area contributed by atoms with Gasteiger partial charge in [-0.15, -0.1) is 11.6 Å². The third kappa shape index (κ3) is 25.6. The zero-order valence-electron chi connectivity index (χ0n) is 11.3. The van der Waals surface area contributed by atoms with Gasteiger partial charge in [0.2, 0.25) is 0 Å². The van der Waals surface area contributed by atoms with E-state index in [9.17, 15) is 4.79 Å². The maximum absolute atomic E-state index is 9.44. The smallest absolute Gasteiger partial charge is 0.126 e. The normalized spacial score (nSPS) is 9.35. The molecule has 0 N–H and O–H groups in total. The molecule has 0 spiro atoms. The predicted molar refractivity (Wildman–Crippen MR) is 78.0 cm³/mol. The van der Waals surface area contributed by atoms with Crippen molar-refractivity contribution in [3.8, 4) is 0 Å². The summed E-state index contributed by atoms with van der Waals surface area (Å²) in [6.45, 7) is 9.15. The highest BCUT2D eigenvalue weighted by atomic mass is 35.5. The van der Waals surface area contributed by atoms with Gasteiger partial charge in [0.1, 0.15) is 5.78 Å². The molecule has 0 aromatic heterocycles. The summed E-state index contributed by atoms with van der Waals surface area (Å²) in [5.74, 6) is 0.167. The summed E-state index contributed by atoms with van der Waals surface area (Å²) >= 11 is 11.3. The maximum atomic E-state index is 9.44. The lowest BCUT2D eigenvalue weighted by Gasteiger charge is -2.09. The number of ketones is 1. The number of halogens is 2. The molecule has 0 atom stereocenters. The van der Waals surface area contributed by atoms with Crippen molar-refractivity contribution in [1.29, 1.82) is 0 Å². The summed E-state index contributed by atoms with van der Waals surface area (Å²) in [4.78, 5) is 9.46. The van der Waals surface area contributed by atoms with Gasteiger partial charge in [0, 0.05) is 9.90 Å². The third-order valence-corrected chi connectivity index (χ3v) is 2.09. The van der Waals surface area contributed by atoms with E-state index < -0.39 is 0 Å². The van der Waals surface area contributed by atoms with E-state index in [0.717, 1.165) is 11.4 Å². The first-order chi connectivity index (χ1) is 7.69. The van der Waals surface area contributed by atoms with Crippen LogP contribution < -0.4 is 0 Å². The van der Waals surface area contributed by atoms with Gasteiger partial charge in [0.05, 0.1) is 0 Å². The van der Waals surface area contributed by atoms with Crippen LogP contribution in [0.15, 0.2) is 30.3 Å². The molecule has 1 rings (SSSR count). The molecule has 0 saturated carbocycles. The number of hydrogen-bond acceptors (Lipinski definition) is 1. The number of carbonyl (C=O) groups is 1. The Labute approximate surface area is 115 Å². The number of alkyl halides is 1. The van der Waals surface area contributed by atoms with E-state index in [4.69, 9.17) is 23.2 Å². The molecule has 0 bridgehead atoms. The van der Waals surface area contributed by atoms with Crippen LogP contribution in [0, 0.1) is 0 Å². The quantitative estimate of drug-likeness (QED) is 0.632. The topological polar surface area (TPSA) is 17.1 Å². The second kappa shape index (κ2) is 10.6. The van der Waals surface area contributed by atoms with E-state index in [1.165, 1.54) is 13.8 Å². The first-order valence-electron chi connectivity index (χ1n) is 5.55. The van der Waals surface area contributed by atoms with Crippen LogP contribution in [0.3, 0.4) is 0 Å². The number of rotatable bonds is 1. The Morgan fingerprint density at radius 3 is 1.59 bits per heavy atom. The van der Waals surface area contributed by atoms with E-state index in [2.05, 4.69) is 6.92 Å². The van der Waals surface area contributed by atoms with E-state index >= 15 is 0 Å². The monoisotopic (exact) mass is 276 g/mol. The molecule has 1 nitrogen and oxygen atoms in total. The van der Waals surface area contributed by atoms with Crippen molar-refractivity contribution in [3.63, 3.8) is 0 Å². The molecule has 17 heavy (non-hydrogen) atoms. The number of hydrogen-bond donors (Lipinski definition) is 0. The van der Waals surface area contributed by atoms with Crippen LogP contribution in [0.2, 0.25) is 5.02 Å². The average molecular weight is 277 g/mol. The lowest BCUT2D eigenvalue weighted by Crippen LogP contribution is -2.05. The number of benzene rings is 1. The minimum absolute atomic E-state index is 0.0139. The Bertz CT molecular complexity index is 285. The van der Waals surface area contributed by atoms with Crippen molar-refractivity contribution in [1.82, 2.24) is 0 Å². The second-order valence-electron chi connectivity index (χ2n) is 4.28. The van der Waals surface area contributed by atoms with Crippen molar-refractivity contribution in [2.75, 3.05) is 0 Å². The fraction of sp³-hybridized carbons (Fsp3) is 0.500. The zero-order valence-corrected chi connectivity index (χ0v) is 12.8. The molecule has 98 valence electrons. The highest BCUT2D eigenvalue weighted by molar-refractivity contribution is 6.30. The minimum atomic E-state index is 0.0139. The standard InChI is InChI=1S/C6H5Cl.C5H11Cl.C3H6O/c7-6-4-2-1-3-5-6;1-4-5(2,3)6;1-3(2)4/h1-5H;4H2,1-3H3;1-2H3. The van der Waals surface area contributed by atoms with Gasteiger partial charge in [-0.25, -0.2) is 0 Å². The van der Waals surface area contributed by atoms with Crippen LogP contribution in [-0.2, 0) is 4.79 Å². The summed E-state index contributed by atoms with van der Waals surface area (Å²) < 4.78 is 0. The summed E-state index contributed by atoms with van der Waals surface area (Å²) in [6.07, 6.45) is 1.04. The first-order valence-corrected chi connectivity index (χ1v) is 6.31. The molecule has 0 amide bonds. The van der Waals surface area contributed by atoms with Crippen molar-refractivity contribution in [2.24, 2.45) is 0 Å². The molecule has 0 aliphatic heterocycles. The molecule has 0 heterocycles. The van der Waals surface area contributed by atoms with Crippen LogP contribution in [0.25, 0.3) is 0 Å². The zero-order chi connectivity index (χ0) is 13.9. The van der Waals surface area contributed by atoms with Gasteiger partial charge in [0.15, 0.2) is 0 Å². The lowest BCUT2D eigenvalue weighted by atomic mass is 10.1. The third-order valence-electron chi connectivity index (χ3n) is 1.57. The Morgan fingerprint density at radius 1 is 1.18 bits per heavy atom. The van der Waals surface area contributed by atoms with Gasteiger partial charge in [-0.3, -0.25) is 0 Å². The second-order valence-corrected chi connectivity index (χ2v) is 5.74. The van der Waals surface area contributed by atoms with Crippen molar-refractivity contribution >= 4 is 29.0 Å². The largest absolute Gasteiger partial charge is 0.300 e. The average Bonchev–Trinajstić information content (AvgIpc) is 2.18. The fourth-order valence-corrected chi connectivity index (χ4v) is 0.560. The maximum Gasteiger partial charge on any atom is 0.126 e. The minimum Gasteiger partial charge on any atom is -0.300 e. The summed E-state index contributed by atoms with van der Waals surface area (Å²) in [5.41, 5.74) is 0. The molecular weight excluding hydrogens is 255 g/mol. The van der Waals surface area contributed by atoms with Gasteiger partial charge in [-0.2, -0.15) is 0 Å². The van der Waals surface area contributed by atoms with Crippen molar-refractivity contribution in [3.05, 3.63) is 35.4 Å². The SMILES string of the molecule is CC(C)=O.CCC(C)(C)Cl.Clc1ccccc1.